The van der Waals surface area contributed by atoms with E-state index in [1.54, 1.807) is 0 Å². The first kappa shape index (κ1) is 31.8. The van der Waals surface area contributed by atoms with Crippen LogP contribution >= 0.6 is 0 Å². The van der Waals surface area contributed by atoms with E-state index in [9.17, 15) is 0 Å². The minimum Gasteiger partial charge on any atom is -0.311 e. The van der Waals surface area contributed by atoms with Crippen molar-refractivity contribution in [2.45, 2.75) is 12.3 Å². The molecule has 0 spiro atoms. The number of fused-ring (bicyclic) bond motifs is 1. The van der Waals surface area contributed by atoms with Crippen molar-refractivity contribution in [1.82, 2.24) is 0 Å². The normalized spacial score (nSPS) is 15.2. The number of allylic oxidation sites excluding steroid dienone is 5. The molecule has 244 valence electrons. The molecule has 0 fully saturated rings. The highest BCUT2D eigenvalue weighted by Gasteiger charge is 2.46. The van der Waals surface area contributed by atoms with Gasteiger partial charge in [-0.2, -0.15) is 0 Å². The lowest BCUT2D eigenvalue weighted by Gasteiger charge is -2.35. The van der Waals surface area contributed by atoms with E-state index in [1.165, 1.54) is 55.7 Å². The highest BCUT2D eigenvalue weighted by Crippen LogP contribution is 2.55. The van der Waals surface area contributed by atoms with Crippen molar-refractivity contribution in [3.05, 3.63) is 241 Å². The summed E-state index contributed by atoms with van der Waals surface area (Å²) in [6, 6.07) is 67.7. The molecular formula is C50H39N. The Bertz CT molecular complexity index is 2330. The van der Waals surface area contributed by atoms with Crippen LogP contribution in [0.5, 0.6) is 0 Å². The Morgan fingerprint density at radius 2 is 0.882 bits per heavy atom. The molecule has 0 aromatic heterocycles. The van der Waals surface area contributed by atoms with Crippen LogP contribution in [0.15, 0.2) is 218 Å². The Hall–Kier alpha value is -6.44. The van der Waals surface area contributed by atoms with E-state index in [0.29, 0.717) is 0 Å². The Kier molecular flexibility index (Phi) is 8.62. The predicted octanol–water partition coefficient (Wildman–Crippen LogP) is 13.4. The zero-order valence-electron chi connectivity index (χ0n) is 28.8. The van der Waals surface area contributed by atoms with Gasteiger partial charge in [0.25, 0.3) is 0 Å². The highest BCUT2D eigenvalue weighted by molar-refractivity contribution is 5.91. The van der Waals surface area contributed by atoms with Crippen LogP contribution in [0, 0.1) is 0 Å². The molecule has 0 bridgehead atoms. The van der Waals surface area contributed by atoms with Crippen molar-refractivity contribution < 1.29 is 0 Å². The van der Waals surface area contributed by atoms with Crippen molar-refractivity contribution in [3.8, 4) is 22.3 Å². The van der Waals surface area contributed by atoms with Crippen LogP contribution in [-0.4, -0.2) is 0 Å². The van der Waals surface area contributed by atoms with Crippen LogP contribution in [-0.2, 0) is 5.41 Å². The second kappa shape index (κ2) is 13.8. The number of anilines is 3. The third-order valence-electron chi connectivity index (χ3n) is 10.1. The van der Waals surface area contributed by atoms with Crippen LogP contribution in [0.25, 0.3) is 27.8 Å². The van der Waals surface area contributed by atoms with E-state index >= 15 is 0 Å². The van der Waals surface area contributed by atoms with Gasteiger partial charge in [-0.1, -0.05) is 176 Å². The molecule has 1 aliphatic rings. The number of hydrogen-bond acceptors (Lipinski definition) is 1. The summed E-state index contributed by atoms with van der Waals surface area (Å²) < 4.78 is 0. The van der Waals surface area contributed by atoms with Crippen molar-refractivity contribution in [1.29, 1.82) is 0 Å². The maximum absolute atomic E-state index is 4.26. The maximum Gasteiger partial charge on any atom is 0.0713 e. The molecule has 0 amide bonds. The Morgan fingerprint density at radius 1 is 0.451 bits per heavy atom. The molecule has 1 unspecified atom stereocenters. The monoisotopic (exact) mass is 653 g/mol. The van der Waals surface area contributed by atoms with Gasteiger partial charge in [0, 0.05) is 17.1 Å². The minimum atomic E-state index is -0.456. The number of rotatable bonds is 9. The zero-order valence-corrected chi connectivity index (χ0v) is 28.8. The van der Waals surface area contributed by atoms with E-state index in [2.05, 4.69) is 219 Å². The largest absolute Gasteiger partial charge is 0.311 e. The lowest BCUT2D eigenvalue weighted by molar-refractivity contribution is 0.761. The van der Waals surface area contributed by atoms with Crippen LogP contribution in [0.2, 0.25) is 0 Å². The van der Waals surface area contributed by atoms with Gasteiger partial charge in [0.15, 0.2) is 0 Å². The fraction of sp³-hybridized carbons (Fsp3) is 0.0400. The van der Waals surface area contributed by atoms with E-state index in [1.807, 2.05) is 6.08 Å². The van der Waals surface area contributed by atoms with E-state index in [-0.39, 0.29) is 0 Å². The fourth-order valence-electron chi connectivity index (χ4n) is 7.79. The average Bonchev–Trinajstić information content (AvgIpc) is 3.49. The molecule has 0 saturated heterocycles. The van der Waals surface area contributed by atoms with Gasteiger partial charge in [0.2, 0.25) is 0 Å². The summed E-state index contributed by atoms with van der Waals surface area (Å²) in [4.78, 5) is 2.31. The van der Waals surface area contributed by atoms with Gasteiger partial charge in [-0.25, -0.2) is 0 Å². The molecule has 7 aromatic carbocycles. The number of nitrogens with zero attached hydrogens (tertiary/aromatic N) is 1. The summed E-state index contributed by atoms with van der Waals surface area (Å²) in [7, 11) is 0. The molecule has 1 atom stereocenters. The van der Waals surface area contributed by atoms with Crippen molar-refractivity contribution in [3.63, 3.8) is 0 Å². The smallest absolute Gasteiger partial charge is 0.0713 e. The van der Waals surface area contributed by atoms with Crippen LogP contribution in [0.1, 0.15) is 29.2 Å². The SMILES string of the molecule is C=CC1=C(/C=C\C)C(c2ccccc2)(c2ccc(-c3ccc(N(c4ccccc4)c4ccc(-c5ccccc5)cc4)cc3)cc2)c2ccccc21. The van der Waals surface area contributed by atoms with Gasteiger partial charge in [-0.05, 0) is 99.0 Å². The second-order valence-corrected chi connectivity index (χ2v) is 12.9. The number of hydrogen-bond donors (Lipinski definition) is 0. The maximum atomic E-state index is 4.26. The standard InChI is InChI=1S/C50H39N/c1-3-16-48-46(4-2)47-23-14-15-24-49(47)50(48,41-19-10-6-11-20-41)42-31-25-38(26-32-42)40-29-35-45(36-30-40)51(43-21-12-7-13-22-43)44-33-27-39(28-34-44)37-17-8-5-9-18-37/h3-36H,2H2,1H3/b16-3-. The van der Waals surface area contributed by atoms with Crippen LogP contribution in [0.4, 0.5) is 17.1 Å². The van der Waals surface area contributed by atoms with Crippen molar-refractivity contribution in [2.24, 2.45) is 0 Å². The van der Waals surface area contributed by atoms with Crippen LogP contribution in [0.3, 0.4) is 0 Å². The van der Waals surface area contributed by atoms with Crippen LogP contribution < -0.4 is 4.90 Å². The molecule has 0 radical (unpaired) electrons. The summed E-state index contributed by atoms with van der Waals surface area (Å²) >= 11 is 0. The van der Waals surface area contributed by atoms with Crippen molar-refractivity contribution in [2.75, 3.05) is 4.90 Å². The summed E-state index contributed by atoms with van der Waals surface area (Å²) in [6.07, 6.45) is 6.43. The van der Waals surface area contributed by atoms with Gasteiger partial charge in [-0.15, -0.1) is 0 Å². The zero-order chi connectivity index (χ0) is 34.6. The molecule has 1 heteroatoms. The molecule has 0 aliphatic heterocycles. The molecule has 1 aliphatic carbocycles. The summed E-state index contributed by atoms with van der Waals surface area (Å²) in [5.41, 5.74) is 15.1. The summed E-state index contributed by atoms with van der Waals surface area (Å²) in [5, 5.41) is 0. The third-order valence-corrected chi connectivity index (χ3v) is 10.1. The first-order valence-electron chi connectivity index (χ1n) is 17.6. The predicted molar refractivity (Wildman–Crippen MR) is 217 cm³/mol. The number of benzene rings is 7. The number of para-hydroxylation sites is 1. The summed E-state index contributed by atoms with van der Waals surface area (Å²) in [6.45, 7) is 6.35. The van der Waals surface area contributed by atoms with E-state index in [4.69, 9.17) is 0 Å². The lowest BCUT2D eigenvalue weighted by atomic mass is 9.66. The molecule has 8 rings (SSSR count). The van der Waals surface area contributed by atoms with Gasteiger partial charge in [0.1, 0.15) is 0 Å². The molecule has 7 aromatic rings. The van der Waals surface area contributed by atoms with Crippen molar-refractivity contribution >= 4 is 22.6 Å². The average molecular weight is 654 g/mol. The van der Waals surface area contributed by atoms with Gasteiger partial charge in [0.05, 0.1) is 5.41 Å². The minimum absolute atomic E-state index is 0.456. The first-order chi connectivity index (χ1) is 25.2. The topological polar surface area (TPSA) is 3.24 Å². The van der Waals surface area contributed by atoms with E-state index < -0.39 is 5.41 Å². The third kappa shape index (κ3) is 5.63. The summed E-state index contributed by atoms with van der Waals surface area (Å²) in [5.74, 6) is 0. The van der Waals surface area contributed by atoms with Gasteiger partial charge in [-0.3, -0.25) is 0 Å². The molecule has 1 nitrogen and oxygen atoms in total. The highest BCUT2D eigenvalue weighted by atomic mass is 15.1. The Morgan fingerprint density at radius 3 is 1.43 bits per heavy atom. The Labute approximate surface area is 301 Å². The quantitative estimate of drug-likeness (QED) is 0.150. The fourth-order valence-corrected chi connectivity index (χ4v) is 7.79. The molecule has 51 heavy (non-hydrogen) atoms. The first-order valence-corrected chi connectivity index (χ1v) is 17.6. The lowest BCUT2D eigenvalue weighted by Crippen LogP contribution is -2.29. The van der Waals surface area contributed by atoms with Gasteiger partial charge >= 0.3 is 0 Å². The Balaban J connectivity index is 1.17. The molecule has 0 heterocycles. The van der Waals surface area contributed by atoms with E-state index in [0.717, 1.165) is 17.1 Å². The van der Waals surface area contributed by atoms with Gasteiger partial charge < -0.3 is 4.90 Å². The second-order valence-electron chi connectivity index (χ2n) is 12.9. The molecule has 0 saturated carbocycles. The molecule has 0 N–H and O–H groups in total. The molecular weight excluding hydrogens is 615 g/mol.